The van der Waals surface area contributed by atoms with Gasteiger partial charge < -0.3 is 4.98 Å². The quantitative estimate of drug-likeness (QED) is 0.813. The molecule has 1 N–H and O–H groups in total. The van der Waals surface area contributed by atoms with E-state index in [-0.39, 0.29) is 0 Å². The van der Waals surface area contributed by atoms with E-state index in [2.05, 4.69) is 58.9 Å². The standard InChI is InChI=1S/C16H18N2/c1-2-14-11-18(10-13-6-4-3-5-7-13)12-16-15(14)8-9-17-16/h2-9,14,17H,1,10-12H2. The second-order valence-corrected chi connectivity index (χ2v) is 4.91. The molecule has 2 heteroatoms. The van der Waals surface area contributed by atoms with Crippen molar-refractivity contribution >= 4 is 0 Å². The van der Waals surface area contributed by atoms with Gasteiger partial charge in [-0.2, -0.15) is 0 Å². The lowest BCUT2D eigenvalue weighted by Gasteiger charge is -2.31. The van der Waals surface area contributed by atoms with Crippen molar-refractivity contribution < 1.29 is 0 Å². The average Bonchev–Trinajstić information content (AvgIpc) is 2.87. The summed E-state index contributed by atoms with van der Waals surface area (Å²) in [7, 11) is 0. The zero-order valence-electron chi connectivity index (χ0n) is 10.5. The molecule has 18 heavy (non-hydrogen) atoms. The van der Waals surface area contributed by atoms with Crippen molar-refractivity contribution in [2.45, 2.75) is 19.0 Å². The molecule has 1 atom stereocenters. The number of aromatic nitrogens is 1. The molecule has 92 valence electrons. The van der Waals surface area contributed by atoms with Gasteiger partial charge in [-0.25, -0.2) is 0 Å². The number of hydrogen-bond acceptors (Lipinski definition) is 1. The van der Waals surface area contributed by atoms with Gasteiger partial charge in [0.2, 0.25) is 0 Å². The minimum absolute atomic E-state index is 0.448. The molecule has 0 aliphatic carbocycles. The maximum absolute atomic E-state index is 3.96. The van der Waals surface area contributed by atoms with Crippen LogP contribution in [0.2, 0.25) is 0 Å². The molecule has 1 aliphatic rings. The van der Waals surface area contributed by atoms with E-state index in [1.54, 1.807) is 0 Å². The highest BCUT2D eigenvalue weighted by atomic mass is 15.1. The second-order valence-electron chi connectivity index (χ2n) is 4.91. The first-order valence-electron chi connectivity index (χ1n) is 6.42. The van der Waals surface area contributed by atoms with E-state index < -0.39 is 0 Å². The Morgan fingerprint density at radius 1 is 1.28 bits per heavy atom. The Bertz CT molecular complexity index is 527. The van der Waals surface area contributed by atoms with Gasteiger partial charge in [0.05, 0.1) is 0 Å². The van der Waals surface area contributed by atoms with Gasteiger partial charge in [-0.1, -0.05) is 36.4 Å². The Morgan fingerprint density at radius 3 is 2.89 bits per heavy atom. The molecule has 0 spiro atoms. The molecule has 2 aromatic rings. The molecular formula is C16H18N2. The summed E-state index contributed by atoms with van der Waals surface area (Å²) in [6.07, 6.45) is 4.09. The summed E-state index contributed by atoms with van der Waals surface area (Å²) in [6.45, 7) is 7.03. The molecule has 1 aromatic carbocycles. The second kappa shape index (κ2) is 4.83. The Labute approximate surface area is 108 Å². The molecular weight excluding hydrogens is 220 g/mol. The zero-order chi connectivity index (χ0) is 12.4. The maximum Gasteiger partial charge on any atom is 0.0392 e. The summed E-state index contributed by atoms with van der Waals surface area (Å²) in [5.41, 5.74) is 4.12. The van der Waals surface area contributed by atoms with Crippen LogP contribution in [0.4, 0.5) is 0 Å². The van der Waals surface area contributed by atoms with Crippen LogP contribution in [0.3, 0.4) is 0 Å². The van der Waals surface area contributed by atoms with Crippen LogP contribution in [0, 0.1) is 0 Å². The van der Waals surface area contributed by atoms with Gasteiger partial charge in [0, 0.05) is 37.4 Å². The van der Waals surface area contributed by atoms with Crippen LogP contribution in [-0.4, -0.2) is 16.4 Å². The summed E-state index contributed by atoms with van der Waals surface area (Å²) in [4.78, 5) is 5.82. The van der Waals surface area contributed by atoms with Gasteiger partial charge in [0.15, 0.2) is 0 Å². The molecule has 1 aromatic heterocycles. The lowest BCUT2D eigenvalue weighted by atomic mass is 9.94. The fraction of sp³-hybridized carbons (Fsp3) is 0.250. The first kappa shape index (κ1) is 11.3. The number of H-pyrrole nitrogens is 1. The van der Waals surface area contributed by atoms with Gasteiger partial charge in [0.1, 0.15) is 0 Å². The predicted octanol–water partition coefficient (Wildman–Crippen LogP) is 3.30. The highest BCUT2D eigenvalue weighted by molar-refractivity contribution is 5.31. The molecule has 1 unspecified atom stereocenters. The maximum atomic E-state index is 3.96. The third-order valence-corrected chi connectivity index (χ3v) is 3.64. The molecule has 2 nitrogen and oxygen atoms in total. The van der Waals surface area contributed by atoms with Crippen molar-refractivity contribution in [2.24, 2.45) is 0 Å². The molecule has 1 aliphatic heterocycles. The number of nitrogens with one attached hydrogen (secondary N) is 1. The Kier molecular flexibility index (Phi) is 3.03. The minimum Gasteiger partial charge on any atom is -0.364 e. The smallest absolute Gasteiger partial charge is 0.0392 e. The SMILES string of the molecule is C=CC1CN(Cc2ccccc2)Cc2[nH]ccc21. The number of nitrogens with zero attached hydrogens (tertiary/aromatic N) is 1. The molecule has 3 rings (SSSR count). The van der Waals surface area contributed by atoms with Crippen LogP contribution in [0.1, 0.15) is 22.7 Å². The molecule has 0 amide bonds. The van der Waals surface area contributed by atoms with Crippen LogP contribution in [0.15, 0.2) is 55.3 Å². The first-order valence-corrected chi connectivity index (χ1v) is 6.42. The van der Waals surface area contributed by atoms with Crippen LogP contribution >= 0.6 is 0 Å². The lowest BCUT2D eigenvalue weighted by Crippen LogP contribution is -2.32. The summed E-state index contributed by atoms with van der Waals surface area (Å²) in [5.74, 6) is 0.448. The van der Waals surface area contributed by atoms with Gasteiger partial charge in [0.25, 0.3) is 0 Å². The number of aromatic amines is 1. The van der Waals surface area contributed by atoms with Crippen molar-refractivity contribution in [3.8, 4) is 0 Å². The fourth-order valence-corrected chi connectivity index (χ4v) is 2.73. The van der Waals surface area contributed by atoms with Crippen LogP contribution in [0.5, 0.6) is 0 Å². The topological polar surface area (TPSA) is 19.0 Å². The number of benzene rings is 1. The van der Waals surface area contributed by atoms with E-state index in [1.807, 2.05) is 6.20 Å². The van der Waals surface area contributed by atoms with Crippen LogP contribution < -0.4 is 0 Å². The average molecular weight is 238 g/mol. The highest BCUT2D eigenvalue weighted by Gasteiger charge is 2.23. The summed E-state index contributed by atoms with van der Waals surface area (Å²) in [6, 6.07) is 12.8. The van der Waals surface area contributed by atoms with Crippen molar-refractivity contribution in [3.05, 3.63) is 72.1 Å². The van der Waals surface area contributed by atoms with E-state index in [1.165, 1.54) is 16.8 Å². The molecule has 0 fully saturated rings. The third kappa shape index (κ3) is 2.12. The third-order valence-electron chi connectivity index (χ3n) is 3.64. The minimum atomic E-state index is 0.448. The monoisotopic (exact) mass is 238 g/mol. The van der Waals surface area contributed by atoms with E-state index in [0.29, 0.717) is 5.92 Å². The van der Waals surface area contributed by atoms with Gasteiger partial charge in [-0.15, -0.1) is 6.58 Å². The van der Waals surface area contributed by atoms with Gasteiger partial charge in [-0.3, -0.25) is 4.90 Å². The predicted molar refractivity (Wildman–Crippen MR) is 74.3 cm³/mol. The van der Waals surface area contributed by atoms with Crippen molar-refractivity contribution in [1.29, 1.82) is 0 Å². The lowest BCUT2D eigenvalue weighted by molar-refractivity contribution is 0.231. The van der Waals surface area contributed by atoms with E-state index in [4.69, 9.17) is 0 Å². The van der Waals surface area contributed by atoms with Gasteiger partial charge >= 0.3 is 0 Å². The van der Waals surface area contributed by atoms with E-state index >= 15 is 0 Å². The molecule has 0 saturated heterocycles. The van der Waals surface area contributed by atoms with Crippen molar-refractivity contribution in [2.75, 3.05) is 6.54 Å². The molecule has 0 bridgehead atoms. The Morgan fingerprint density at radius 2 is 2.11 bits per heavy atom. The van der Waals surface area contributed by atoms with Crippen molar-refractivity contribution in [3.63, 3.8) is 0 Å². The molecule has 2 heterocycles. The highest BCUT2D eigenvalue weighted by Crippen LogP contribution is 2.28. The van der Waals surface area contributed by atoms with E-state index in [9.17, 15) is 0 Å². The van der Waals surface area contributed by atoms with Crippen LogP contribution in [-0.2, 0) is 13.1 Å². The zero-order valence-corrected chi connectivity index (χ0v) is 10.5. The normalized spacial score (nSPS) is 19.4. The van der Waals surface area contributed by atoms with E-state index in [0.717, 1.165) is 19.6 Å². The molecule has 0 radical (unpaired) electrons. The number of fused-ring (bicyclic) bond motifs is 1. The fourth-order valence-electron chi connectivity index (χ4n) is 2.73. The number of rotatable bonds is 3. The van der Waals surface area contributed by atoms with Crippen molar-refractivity contribution in [1.82, 2.24) is 9.88 Å². The molecule has 0 saturated carbocycles. The summed E-state index contributed by atoms with van der Waals surface area (Å²) in [5, 5.41) is 0. The Hall–Kier alpha value is -1.80. The first-order chi connectivity index (χ1) is 8.86. The Balaban J connectivity index is 1.79. The summed E-state index contributed by atoms with van der Waals surface area (Å²) >= 11 is 0. The van der Waals surface area contributed by atoms with Gasteiger partial charge in [-0.05, 0) is 17.2 Å². The van der Waals surface area contributed by atoms with Crippen LogP contribution in [0.25, 0.3) is 0 Å². The largest absolute Gasteiger partial charge is 0.364 e. The summed E-state index contributed by atoms with van der Waals surface area (Å²) < 4.78 is 0. The number of hydrogen-bond donors (Lipinski definition) is 1.